The molecule has 0 radical (unpaired) electrons. The predicted octanol–water partition coefficient (Wildman–Crippen LogP) is 4.37. The van der Waals surface area contributed by atoms with Crippen LogP contribution in [0, 0.1) is 6.92 Å². The van der Waals surface area contributed by atoms with Gasteiger partial charge >= 0.3 is 0 Å². The van der Waals surface area contributed by atoms with Gasteiger partial charge in [0, 0.05) is 36.4 Å². The molecule has 0 aliphatic rings. The van der Waals surface area contributed by atoms with Crippen LogP contribution in [0.1, 0.15) is 16.7 Å². The number of hydrogen-bond acceptors (Lipinski definition) is 3. The second-order valence-electron chi connectivity index (χ2n) is 8.63. The van der Waals surface area contributed by atoms with E-state index in [4.69, 9.17) is 0 Å². The molecular formula is C28H26N4O2. The quantitative estimate of drug-likeness (QED) is 0.386. The molecule has 0 spiro atoms. The third-order valence-corrected chi connectivity index (χ3v) is 6.34. The fourth-order valence-electron chi connectivity index (χ4n) is 4.42. The maximum absolute atomic E-state index is 13.6. The first-order valence-corrected chi connectivity index (χ1v) is 11.3. The Labute approximate surface area is 197 Å². The Morgan fingerprint density at radius 3 is 2.41 bits per heavy atom. The molecule has 0 saturated carbocycles. The highest BCUT2D eigenvalue weighted by atomic mass is 16.2. The second-order valence-corrected chi connectivity index (χ2v) is 8.63. The van der Waals surface area contributed by atoms with E-state index in [1.54, 1.807) is 18.1 Å². The SMILES string of the molecule is Cc1ccccc1Cn1c2ccccc2c2cnn(CC(=O)N(C)Cc3ccccc3)c(=O)c21. The van der Waals surface area contributed by atoms with Gasteiger partial charge in [-0.3, -0.25) is 9.59 Å². The molecule has 3 aromatic carbocycles. The lowest BCUT2D eigenvalue weighted by Gasteiger charge is -2.17. The Bertz CT molecular complexity index is 1550. The molecule has 0 bridgehead atoms. The summed E-state index contributed by atoms with van der Waals surface area (Å²) in [5.74, 6) is -0.167. The molecule has 34 heavy (non-hydrogen) atoms. The molecule has 6 heteroatoms. The van der Waals surface area contributed by atoms with Crippen molar-refractivity contribution in [1.29, 1.82) is 0 Å². The number of aromatic nitrogens is 3. The summed E-state index contributed by atoms with van der Waals surface area (Å²) < 4.78 is 3.32. The zero-order valence-electron chi connectivity index (χ0n) is 19.3. The average Bonchev–Trinajstić information content (AvgIpc) is 3.17. The van der Waals surface area contributed by atoms with Crippen molar-refractivity contribution < 1.29 is 4.79 Å². The lowest BCUT2D eigenvalue weighted by atomic mass is 10.1. The zero-order chi connectivity index (χ0) is 23.7. The van der Waals surface area contributed by atoms with Crippen LogP contribution in [0.15, 0.2) is 89.9 Å². The Morgan fingerprint density at radius 1 is 0.912 bits per heavy atom. The van der Waals surface area contributed by atoms with Crippen LogP contribution in [0.4, 0.5) is 0 Å². The minimum atomic E-state index is -0.260. The van der Waals surface area contributed by atoms with E-state index < -0.39 is 0 Å². The number of para-hydroxylation sites is 1. The summed E-state index contributed by atoms with van der Waals surface area (Å²) in [6.45, 7) is 3.01. The largest absolute Gasteiger partial charge is 0.340 e. The average molecular weight is 451 g/mol. The summed E-state index contributed by atoms with van der Waals surface area (Å²) in [5, 5.41) is 6.15. The number of aryl methyl sites for hydroxylation is 1. The summed E-state index contributed by atoms with van der Waals surface area (Å²) in [5.41, 5.74) is 4.63. The van der Waals surface area contributed by atoms with Crippen LogP contribution >= 0.6 is 0 Å². The number of carbonyl (C=O) groups is 1. The summed E-state index contributed by atoms with van der Waals surface area (Å²) in [7, 11) is 1.74. The van der Waals surface area contributed by atoms with Crippen molar-refractivity contribution in [2.75, 3.05) is 7.05 Å². The van der Waals surface area contributed by atoms with Crippen molar-refractivity contribution in [3.05, 3.63) is 112 Å². The molecule has 0 saturated heterocycles. The molecule has 0 aliphatic heterocycles. The van der Waals surface area contributed by atoms with Crippen LogP contribution in [0.25, 0.3) is 21.8 Å². The van der Waals surface area contributed by atoms with Gasteiger partial charge in [-0.1, -0.05) is 72.8 Å². The lowest BCUT2D eigenvalue weighted by Crippen LogP contribution is -2.35. The normalized spacial score (nSPS) is 11.2. The van der Waals surface area contributed by atoms with Gasteiger partial charge in [-0.15, -0.1) is 0 Å². The van der Waals surface area contributed by atoms with Crippen LogP contribution in [0.5, 0.6) is 0 Å². The van der Waals surface area contributed by atoms with Crippen molar-refractivity contribution in [3.63, 3.8) is 0 Å². The maximum Gasteiger partial charge on any atom is 0.291 e. The molecule has 0 fully saturated rings. The highest BCUT2D eigenvalue weighted by molar-refractivity contribution is 6.07. The minimum absolute atomic E-state index is 0.107. The van der Waals surface area contributed by atoms with E-state index >= 15 is 0 Å². The molecule has 0 N–H and O–H groups in total. The number of carbonyl (C=O) groups excluding carboxylic acids is 1. The standard InChI is InChI=1S/C28H26N4O2/c1-20-10-6-7-13-22(20)18-31-25-15-9-8-14-23(25)24-16-29-32(28(34)27(24)31)19-26(33)30(2)17-21-11-4-3-5-12-21/h3-16H,17-19H2,1-2H3. The fourth-order valence-corrected chi connectivity index (χ4v) is 4.42. The van der Waals surface area contributed by atoms with Gasteiger partial charge in [0.25, 0.3) is 5.56 Å². The fraction of sp³-hybridized carbons (Fsp3) is 0.179. The molecule has 0 aliphatic carbocycles. The Hall–Kier alpha value is -4.19. The van der Waals surface area contributed by atoms with Crippen molar-refractivity contribution in [3.8, 4) is 0 Å². The van der Waals surface area contributed by atoms with E-state index in [0.717, 1.165) is 27.4 Å². The van der Waals surface area contributed by atoms with Gasteiger partial charge in [0.15, 0.2) is 0 Å². The highest BCUT2D eigenvalue weighted by Gasteiger charge is 2.18. The van der Waals surface area contributed by atoms with Gasteiger partial charge in [0.1, 0.15) is 12.1 Å². The van der Waals surface area contributed by atoms with Gasteiger partial charge in [0.05, 0.1) is 6.20 Å². The predicted molar refractivity (Wildman–Crippen MR) is 135 cm³/mol. The van der Waals surface area contributed by atoms with E-state index in [9.17, 15) is 9.59 Å². The third kappa shape index (κ3) is 3.99. The summed E-state index contributed by atoms with van der Waals surface area (Å²) in [6.07, 6.45) is 1.71. The van der Waals surface area contributed by atoms with Crippen molar-refractivity contribution in [2.45, 2.75) is 26.6 Å². The van der Waals surface area contributed by atoms with E-state index in [0.29, 0.717) is 18.6 Å². The number of benzene rings is 3. The van der Waals surface area contributed by atoms with Gasteiger partial charge in [-0.05, 0) is 29.7 Å². The van der Waals surface area contributed by atoms with Gasteiger partial charge in [-0.2, -0.15) is 5.10 Å². The number of likely N-dealkylation sites (N-methyl/N-ethyl adjacent to an activating group) is 1. The third-order valence-electron chi connectivity index (χ3n) is 6.34. The maximum atomic E-state index is 13.6. The minimum Gasteiger partial charge on any atom is -0.340 e. The molecule has 2 heterocycles. The lowest BCUT2D eigenvalue weighted by molar-refractivity contribution is -0.131. The van der Waals surface area contributed by atoms with Crippen LogP contribution < -0.4 is 5.56 Å². The second kappa shape index (κ2) is 8.98. The van der Waals surface area contributed by atoms with Crippen LogP contribution in [0.2, 0.25) is 0 Å². The molecule has 5 aromatic rings. The molecule has 6 nitrogen and oxygen atoms in total. The molecule has 170 valence electrons. The van der Waals surface area contributed by atoms with Gasteiger partial charge in [0.2, 0.25) is 5.91 Å². The topological polar surface area (TPSA) is 60.1 Å². The van der Waals surface area contributed by atoms with Crippen molar-refractivity contribution >= 4 is 27.7 Å². The van der Waals surface area contributed by atoms with E-state index in [2.05, 4.69) is 24.2 Å². The molecule has 5 rings (SSSR count). The Balaban J connectivity index is 1.54. The monoisotopic (exact) mass is 450 g/mol. The zero-order valence-corrected chi connectivity index (χ0v) is 19.3. The number of nitrogens with zero attached hydrogens (tertiary/aromatic N) is 4. The molecule has 0 atom stereocenters. The molecular weight excluding hydrogens is 424 g/mol. The number of fused-ring (bicyclic) bond motifs is 3. The summed E-state index contributed by atoms with van der Waals surface area (Å²) >= 11 is 0. The Morgan fingerprint density at radius 2 is 1.62 bits per heavy atom. The first-order valence-electron chi connectivity index (χ1n) is 11.3. The van der Waals surface area contributed by atoms with Crippen LogP contribution in [-0.2, 0) is 24.4 Å². The van der Waals surface area contributed by atoms with E-state index in [1.165, 1.54) is 10.2 Å². The Kier molecular flexibility index (Phi) is 5.72. The van der Waals surface area contributed by atoms with Gasteiger partial charge < -0.3 is 9.47 Å². The highest BCUT2D eigenvalue weighted by Crippen LogP contribution is 2.27. The number of rotatable bonds is 6. The van der Waals surface area contributed by atoms with E-state index in [1.807, 2.05) is 71.3 Å². The van der Waals surface area contributed by atoms with Crippen molar-refractivity contribution in [2.24, 2.45) is 0 Å². The van der Waals surface area contributed by atoms with Crippen LogP contribution in [0.3, 0.4) is 0 Å². The summed E-state index contributed by atoms with van der Waals surface area (Å²) in [4.78, 5) is 28.2. The first kappa shape index (κ1) is 21.6. The van der Waals surface area contributed by atoms with Gasteiger partial charge in [-0.25, -0.2) is 4.68 Å². The summed E-state index contributed by atoms with van der Waals surface area (Å²) in [6, 6.07) is 25.9. The molecule has 1 amide bonds. The smallest absolute Gasteiger partial charge is 0.291 e. The number of amides is 1. The molecule has 0 unspecified atom stereocenters. The van der Waals surface area contributed by atoms with Crippen molar-refractivity contribution in [1.82, 2.24) is 19.2 Å². The van der Waals surface area contributed by atoms with E-state index in [-0.39, 0.29) is 18.0 Å². The van der Waals surface area contributed by atoms with Crippen LogP contribution in [-0.4, -0.2) is 32.2 Å². The first-order chi connectivity index (χ1) is 16.5. The molecule has 2 aromatic heterocycles. The number of hydrogen-bond donors (Lipinski definition) is 0.